The lowest BCUT2D eigenvalue weighted by Crippen LogP contribution is -2.23. The molecule has 0 spiro atoms. The lowest BCUT2D eigenvalue weighted by Gasteiger charge is -2.24. The van der Waals surface area contributed by atoms with Crippen LogP contribution in [0.2, 0.25) is 5.02 Å². The van der Waals surface area contributed by atoms with Crippen molar-refractivity contribution in [3.05, 3.63) is 28.8 Å². The molecule has 0 aliphatic rings. The molecule has 1 N–H and O–H groups in total. The van der Waals surface area contributed by atoms with Gasteiger partial charge in [0.1, 0.15) is 5.75 Å². The van der Waals surface area contributed by atoms with Gasteiger partial charge in [0, 0.05) is 16.6 Å². The standard InChI is InChI=1S/C16H26ClNO/c1-5-7-12(3)10-15(18-6-2)14-11-13(17)8-9-16(14)19-4/h8-9,11-12,15,18H,5-7,10H2,1-4H3. The number of ether oxygens (including phenoxy) is 1. The highest BCUT2D eigenvalue weighted by molar-refractivity contribution is 6.30. The summed E-state index contributed by atoms with van der Waals surface area (Å²) in [6.45, 7) is 7.62. The molecule has 0 amide bonds. The van der Waals surface area contributed by atoms with Crippen molar-refractivity contribution in [2.24, 2.45) is 5.92 Å². The lowest BCUT2D eigenvalue weighted by atomic mass is 9.92. The van der Waals surface area contributed by atoms with E-state index in [-0.39, 0.29) is 0 Å². The molecule has 1 aromatic rings. The van der Waals surface area contributed by atoms with Crippen molar-refractivity contribution in [2.45, 2.75) is 46.1 Å². The third-order valence-corrected chi connectivity index (χ3v) is 3.67. The molecule has 3 heteroatoms. The van der Waals surface area contributed by atoms with Gasteiger partial charge in [-0.05, 0) is 37.1 Å². The van der Waals surface area contributed by atoms with Crippen molar-refractivity contribution in [2.75, 3.05) is 13.7 Å². The van der Waals surface area contributed by atoms with Gasteiger partial charge in [0.25, 0.3) is 0 Å². The maximum Gasteiger partial charge on any atom is 0.123 e. The highest BCUT2D eigenvalue weighted by atomic mass is 35.5. The Balaban J connectivity index is 2.93. The fourth-order valence-corrected chi connectivity index (χ4v) is 2.74. The first-order chi connectivity index (χ1) is 9.12. The zero-order valence-electron chi connectivity index (χ0n) is 12.5. The van der Waals surface area contributed by atoms with Gasteiger partial charge in [0.2, 0.25) is 0 Å². The number of hydrogen-bond donors (Lipinski definition) is 1. The third-order valence-electron chi connectivity index (χ3n) is 3.44. The van der Waals surface area contributed by atoms with E-state index in [4.69, 9.17) is 16.3 Å². The molecule has 0 radical (unpaired) electrons. The van der Waals surface area contributed by atoms with Crippen LogP contribution in [0.3, 0.4) is 0 Å². The maximum absolute atomic E-state index is 6.13. The smallest absolute Gasteiger partial charge is 0.123 e. The second-order valence-corrected chi connectivity index (χ2v) is 5.56. The van der Waals surface area contributed by atoms with E-state index in [1.54, 1.807) is 7.11 Å². The minimum Gasteiger partial charge on any atom is -0.496 e. The fraction of sp³-hybridized carbons (Fsp3) is 0.625. The molecule has 0 fully saturated rings. The SMILES string of the molecule is CCCC(C)CC(NCC)c1cc(Cl)ccc1OC. The van der Waals surface area contributed by atoms with E-state index in [0.717, 1.165) is 23.7 Å². The van der Waals surface area contributed by atoms with E-state index in [1.165, 1.54) is 18.4 Å². The van der Waals surface area contributed by atoms with E-state index >= 15 is 0 Å². The van der Waals surface area contributed by atoms with Crippen molar-refractivity contribution < 1.29 is 4.74 Å². The van der Waals surface area contributed by atoms with Gasteiger partial charge in [-0.1, -0.05) is 45.2 Å². The summed E-state index contributed by atoms with van der Waals surface area (Å²) in [6.07, 6.45) is 3.59. The number of hydrogen-bond acceptors (Lipinski definition) is 2. The molecule has 0 aliphatic heterocycles. The summed E-state index contributed by atoms with van der Waals surface area (Å²) in [6, 6.07) is 6.15. The first kappa shape index (κ1) is 16.3. The summed E-state index contributed by atoms with van der Waals surface area (Å²) in [5.41, 5.74) is 1.17. The number of rotatable bonds is 8. The van der Waals surface area contributed by atoms with Crippen molar-refractivity contribution in [3.8, 4) is 5.75 Å². The summed E-state index contributed by atoms with van der Waals surface area (Å²) in [7, 11) is 1.71. The molecule has 1 rings (SSSR count). The van der Waals surface area contributed by atoms with Crippen LogP contribution in [0, 0.1) is 5.92 Å². The van der Waals surface area contributed by atoms with E-state index < -0.39 is 0 Å². The molecule has 0 aliphatic carbocycles. The van der Waals surface area contributed by atoms with Crippen LogP contribution in [-0.2, 0) is 0 Å². The van der Waals surface area contributed by atoms with Gasteiger partial charge in [0.05, 0.1) is 7.11 Å². The highest BCUT2D eigenvalue weighted by Gasteiger charge is 2.18. The third kappa shape index (κ3) is 5.04. The van der Waals surface area contributed by atoms with E-state index in [1.807, 2.05) is 18.2 Å². The molecule has 2 unspecified atom stereocenters. The second kappa shape index (κ2) is 8.44. The van der Waals surface area contributed by atoms with E-state index in [0.29, 0.717) is 12.0 Å². The average molecular weight is 284 g/mol. The molecular weight excluding hydrogens is 258 g/mol. The van der Waals surface area contributed by atoms with Crippen LogP contribution in [0.1, 0.15) is 51.6 Å². The van der Waals surface area contributed by atoms with Crippen molar-refractivity contribution >= 4 is 11.6 Å². The molecule has 2 nitrogen and oxygen atoms in total. The predicted molar refractivity (Wildman–Crippen MR) is 83.1 cm³/mol. The van der Waals surface area contributed by atoms with Gasteiger partial charge in [0.15, 0.2) is 0 Å². The van der Waals surface area contributed by atoms with Crippen molar-refractivity contribution in [3.63, 3.8) is 0 Å². The van der Waals surface area contributed by atoms with Gasteiger partial charge in [-0.2, -0.15) is 0 Å². The first-order valence-corrected chi connectivity index (χ1v) is 7.56. The van der Waals surface area contributed by atoms with Crippen LogP contribution in [0.15, 0.2) is 18.2 Å². The van der Waals surface area contributed by atoms with Crippen molar-refractivity contribution in [1.29, 1.82) is 0 Å². The summed E-state index contributed by atoms with van der Waals surface area (Å²) < 4.78 is 5.47. The molecule has 19 heavy (non-hydrogen) atoms. The Hall–Kier alpha value is -0.730. The topological polar surface area (TPSA) is 21.3 Å². The quantitative estimate of drug-likeness (QED) is 0.738. The van der Waals surface area contributed by atoms with Crippen LogP contribution >= 0.6 is 11.6 Å². The normalized spacial score (nSPS) is 14.2. The monoisotopic (exact) mass is 283 g/mol. The van der Waals surface area contributed by atoms with Crippen LogP contribution < -0.4 is 10.1 Å². The molecule has 1 aromatic carbocycles. The maximum atomic E-state index is 6.13. The first-order valence-electron chi connectivity index (χ1n) is 7.19. The molecule has 0 saturated heterocycles. The summed E-state index contributed by atoms with van der Waals surface area (Å²) >= 11 is 6.13. The van der Waals surface area contributed by atoms with Crippen molar-refractivity contribution in [1.82, 2.24) is 5.32 Å². The number of nitrogens with one attached hydrogen (secondary N) is 1. The Bertz CT molecular complexity index is 381. The second-order valence-electron chi connectivity index (χ2n) is 5.13. The van der Waals surface area contributed by atoms with Gasteiger partial charge >= 0.3 is 0 Å². The zero-order chi connectivity index (χ0) is 14.3. The zero-order valence-corrected chi connectivity index (χ0v) is 13.3. The van der Waals surface area contributed by atoms with E-state index in [9.17, 15) is 0 Å². The summed E-state index contributed by atoms with van der Waals surface area (Å²) in [4.78, 5) is 0. The molecule has 0 bridgehead atoms. The molecule has 108 valence electrons. The molecular formula is C16H26ClNO. The van der Waals surface area contributed by atoms with Gasteiger partial charge in [-0.25, -0.2) is 0 Å². The Morgan fingerprint density at radius 1 is 1.32 bits per heavy atom. The predicted octanol–water partition coefficient (Wildman–Crippen LogP) is 4.83. The van der Waals surface area contributed by atoms with Crippen LogP contribution in [0.25, 0.3) is 0 Å². The fourth-order valence-electron chi connectivity index (χ4n) is 2.56. The van der Waals surface area contributed by atoms with E-state index in [2.05, 4.69) is 26.1 Å². The number of halogens is 1. The molecule has 0 heterocycles. The Kier molecular flexibility index (Phi) is 7.25. The van der Waals surface area contributed by atoms with Gasteiger partial charge < -0.3 is 10.1 Å². The largest absolute Gasteiger partial charge is 0.496 e. The molecule has 2 atom stereocenters. The van der Waals surface area contributed by atoms with Crippen LogP contribution in [0.5, 0.6) is 5.75 Å². The van der Waals surface area contributed by atoms with Crippen LogP contribution in [0.4, 0.5) is 0 Å². The number of benzene rings is 1. The Morgan fingerprint density at radius 3 is 2.63 bits per heavy atom. The van der Waals surface area contributed by atoms with Crippen LogP contribution in [-0.4, -0.2) is 13.7 Å². The Morgan fingerprint density at radius 2 is 2.05 bits per heavy atom. The minimum atomic E-state index is 0.306. The average Bonchev–Trinajstić information content (AvgIpc) is 2.38. The highest BCUT2D eigenvalue weighted by Crippen LogP contribution is 2.32. The van der Waals surface area contributed by atoms with Gasteiger partial charge in [-0.15, -0.1) is 0 Å². The summed E-state index contributed by atoms with van der Waals surface area (Å²) in [5.74, 6) is 1.61. The van der Waals surface area contributed by atoms with Gasteiger partial charge in [-0.3, -0.25) is 0 Å². The molecule has 0 aromatic heterocycles. The Labute approximate surface area is 122 Å². The number of methoxy groups -OCH3 is 1. The minimum absolute atomic E-state index is 0.306. The lowest BCUT2D eigenvalue weighted by molar-refractivity contribution is 0.368. The molecule has 0 saturated carbocycles. The summed E-state index contributed by atoms with van der Waals surface area (Å²) in [5, 5.41) is 4.32.